The summed E-state index contributed by atoms with van der Waals surface area (Å²) >= 11 is 0. The molecule has 0 atom stereocenters. The van der Waals surface area contributed by atoms with E-state index in [1.54, 1.807) is 0 Å². The zero-order valence-corrected chi connectivity index (χ0v) is 14.4. The molecule has 0 aliphatic heterocycles. The van der Waals surface area contributed by atoms with Gasteiger partial charge in [-0.15, -0.1) is 5.10 Å². The van der Waals surface area contributed by atoms with E-state index < -0.39 is 63.6 Å². The molecule has 1 rings (SSSR count). The highest BCUT2D eigenvalue weighted by molar-refractivity contribution is 5.29. The molecule has 1 heterocycles. The third-order valence-corrected chi connectivity index (χ3v) is 3.67. The number of rotatable bonds is 7. The molecule has 0 saturated heterocycles. The number of nitrogens with one attached hydrogen (secondary N) is 1. The van der Waals surface area contributed by atoms with Crippen LogP contribution in [-0.2, 0) is 13.0 Å². The molecule has 0 saturated carbocycles. The van der Waals surface area contributed by atoms with Gasteiger partial charge in [-0.05, 0) is 0 Å². The van der Waals surface area contributed by atoms with E-state index in [-0.39, 0.29) is 0 Å². The second kappa shape index (κ2) is 7.27. The van der Waals surface area contributed by atoms with Gasteiger partial charge in [-0.25, -0.2) is 15.1 Å². The average Bonchev–Trinajstić information content (AvgIpc) is 2.61. The second-order valence-electron chi connectivity index (χ2n) is 5.77. The summed E-state index contributed by atoms with van der Waals surface area (Å²) in [6.45, 7) is 0. The topological polar surface area (TPSA) is 80.0 Å². The Kier molecular flexibility index (Phi) is 6.26. The maximum atomic E-state index is 13.9. The van der Waals surface area contributed by atoms with Crippen LogP contribution in [0.2, 0.25) is 0 Å². The largest absolute Gasteiger partial charge is 0.460 e. The van der Waals surface area contributed by atoms with Gasteiger partial charge in [-0.3, -0.25) is 10.0 Å². The Morgan fingerprint density at radius 3 is 1.47 bits per heavy atom. The number of halogens is 15. The van der Waals surface area contributed by atoms with Crippen molar-refractivity contribution in [3.8, 4) is 0 Å². The van der Waals surface area contributed by atoms with Gasteiger partial charge in [0.05, 0.1) is 0 Å². The lowest BCUT2D eigenvalue weighted by Gasteiger charge is -2.41. The van der Waals surface area contributed by atoms with Crippen molar-refractivity contribution in [1.82, 2.24) is 14.8 Å². The number of hydrogen-bond acceptors (Lipinski definition) is 5. The molecule has 6 nitrogen and oxygen atoms in total. The minimum Gasteiger partial charge on any atom is -0.290 e. The van der Waals surface area contributed by atoms with Gasteiger partial charge < -0.3 is 0 Å². The molecule has 0 bridgehead atoms. The van der Waals surface area contributed by atoms with Crippen molar-refractivity contribution in [2.24, 2.45) is 7.05 Å². The molecule has 0 aliphatic carbocycles. The van der Waals surface area contributed by atoms with Crippen LogP contribution >= 0.6 is 0 Å². The van der Waals surface area contributed by atoms with Crippen LogP contribution in [0.25, 0.3) is 0 Å². The summed E-state index contributed by atoms with van der Waals surface area (Å²) in [4.78, 5) is 13.4. The average molecular weight is 510 g/mol. The molecule has 1 aromatic rings. The van der Waals surface area contributed by atoms with Crippen LogP contribution < -0.4 is 11.0 Å². The molecule has 1 aromatic heterocycles. The Labute approximate surface area is 163 Å². The first kappa shape index (κ1) is 27.6. The summed E-state index contributed by atoms with van der Waals surface area (Å²) < 4.78 is 197. The van der Waals surface area contributed by atoms with E-state index in [0.29, 0.717) is 12.5 Å². The van der Waals surface area contributed by atoms with Crippen molar-refractivity contribution >= 4 is 5.82 Å². The molecule has 0 aromatic carbocycles. The van der Waals surface area contributed by atoms with E-state index in [4.69, 9.17) is 5.21 Å². The summed E-state index contributed by atoms with van der Waals surface area (Å²) in [7, 11) is 0.327. The van der Waals surface area contributed by atoms with Crippen molar-refractivity contribution in [1.29, 1.82) is 0 Å². The van der Waals surface area contributed by atoms with E-state index in [9.17, 15) is 70.7 Å². The SMILES string of the molecule is Cn1nc(C(F)(F)C(F)(F)C(F)(F)C(F)(F)C(F)(F)C(F)(F)C(F)(F)F)nc(NO)c1=O. The first-order chi connectivity index (χ1) is 13.9. The van der Waals surface area contributed by atoms with Crippen molar-refractivity contribution in [3.63, 3.8) is 0 Å². The number of aromatic nitrogens is 3. The lowest BCUT2D eigenvalue weighted by Crippen LogP contribution is -2.72. The van der Waals surface area contributed by atoms with E-state index in [2.05, 4.69) is 10.1 Å². The molecule has 32 heavy (non-hydrogen) atoms. The zero-order valence-electron chi connectivity index (χ0n) is 14.4. The normalized spacial score (nSPS) is 15.2. The van der Waals surface area contributed by atoms with Crippen LogP contribution in [0.15, 0.2) is 4.79 Å². The van der Waals surface area contributed by atoms with E-state index in [1.165, 1.54) is 0 Å². The molecule has 186 valence electrons. The van der Waals surface area contributed by atoms with E-state index in [1.807, 2.05) is 0 Å². The molecule has 0 spiro atoms. The van der Waals surface area contributed by atoms with Gasteiger partial charge in [0.15, 0.2) is 0 Å². The molecule has 21 heteroatoms. The number of alkyl halides is 15. The Morgan fingerprint density at radius 2 is 1.09 bits per heavy atom. The second-order valence-corrected chi connectivity index (χ2v) is 5.77. The maximum Gasteiger partial charge on any atom is 0.460 e. The lowest BCUT2D eigenvalue weighted by molar-refractivity contribution is -0.454. The van der Waals surface area contributed by atoms with Crippen LogP contribution in [0, 0.1) is 0 Å². The quantitative estimate of drug-likeness (QED) is 0.431. The summed E-state index contributed by atoms with van der Waals surface area (Å²) in [6, 6.07) is 0. The molecule has 0 radical (unpaired) electrons. The standard InChI is InChI=1S/C11H5F15N4O2/c1-30-3(31)2(29-32)27-4(28-30)5(12,13)6(14,15)7(16,17)8(18,19)9(20,21)10(22,23)11(24,25)26/h32H,1H3,(H,27,28,29). The van der Waals surface area contributed by atoms with Crippen molar-refractivity contribution in [3.05, 3.63) is 16.2 Å². The number of anilines is 1. The molecule has 0 aliphatic rings. The van der Waals surface area contributed by atoms with E-state index in [0.717, 1.165) is 0 Å². The van der Waals surface area contributed by atoms with Gasteiger partial charge in [-0.2, -0.15) is 65.9 Å². The maximum absolute atomic E-state index is 13.9. The fourth-order valence-electron chi connectivity index (χ4n) is 1.83. The van der Waals surface area contributed by atoms with Gasteiger partial charge in [0.25, 0.3) is 0 Å². The predicted molar refractivity (Wildman–Crippen MR) is 67.4 cm³/mol. The van der Waals surface area contributed by atoms with Gasteiger partial charge >= 0.3 is 47.3 Å². The first-order valence-corrected chi connectivity index (χ1v) is 7.05. The third-order valence-electron chi connectivity index (χ3n) is 3.67. The van der Waals surface area contributed by atoms with E-state index >= 15 is 0 Å². The Bertz CT molecular complexity index is 923. The monoisotopic (exact) mass is 510 g/mol. The summed E-state index contributed by atoms with van der Waals surface area (Å²) in [5.74, 6) is -52.9. The summed E-state index contributed by atoms with van der Waals surface area (Å²) in [5.41, 5.74) is -1.03. The van der Waals surface area contributed by atoms with Crippen LogP contribution in [0.1, 0.15) is 5.82 Å². The zero-order chi connectivity index (χ0) is 25.9. The smallest absolute Gasteiger partial charge is 0.290 e. The number of aryl methyl sites for hydroxylation is 1. The molecule has 2 N–H and O–H groups in total. The van der Waals surface area contributed by atoms with Gasteiger partial charge in [0.2, 0.25) is 11.6 Å². The van der Waals surface area contributed by atoms with Crippen molar-refractivity contribution in [2.75, 3.05) is 5.48 Å². The molecular formula is C11H5F15N4O2. The predicted octanol–water partition coefficient (Wildman–Crippen LogP) is 3.81. The van der Waals surface area contributed by atoms with Crippen LogP contribution in [0.3, 0.4) is 0 Å². The Balaban J connectivity index is 3.77. The summed E-state index contributed by atoms with van der Waals surface area (Å²) in [5, 5.41) is 10.6. The van der Waals surface area contributed by atoms with Gasteiger partial charge in [-0.1, -0.05) is 0 Å². The first-order valence-electron chi connectivity index (χ1n) is 7.05. The number of nitrogens with zero attached hydrogens (tertiary/aromatic N) is 3. The highest BCUT2D eigenvalue weighted by Gasteiger charge is 2.93. The van der Waals surface area contributed by atoms with Crippen LogP contribution in [0.4, 0.5) is 71.7 Å². The van der Waals surface area contributed by atoms with Crippen LogP contribution in [-0.4, -0.2) is 55.8 Å². The van der Waals surface area contributed by atoms with Crippen molar-refractivity contribution < 1.29 is 71.1 Å². The highest BCUT2D eigenvalue weighted by atomic mass is 19.4. The fourth-order valence-corrected chi connectivity index (χ4v) is 1.83. The van der Waals surface area contributed by atoms with Gasteiger partial charge in [0.1, 0.15) is 0 Å². The van der Waals surface area contributed by atoms with Crippen LogP contribution in [0.5, 0.6) is 0 Å². The third kappa shape index (κ3) is 3.39. The minimum absolute atomic E-state index is 0.327. The molecule has 0 unspecified atom stereocenters. The fraction of sp³-hybridized carbons (Fsp3) is 0.727. The minimum atomic E-state index is -8.47. The molecule has 0 fully saturated rings. The molecule has 0 amide bonds. The molecular weight excluding hydrogens is 505 g/mol. The Hall–Kier alpha value is -2.48. The lowest BCUT2D eigenvalue weighted by atomic mass is 9.91. The van der Waals surface area contributed by atoms with Gasteiger partial charge in [0, 0.05) is 7.05 Å². The Morgan fingerprint density at radius 1 is 0.719 bits per heavy atom. The summed E-state index contributed by atoms with van der Waals surface area (Å²) in [6.07, 6.45) is -7.71. The highest BCUT2D eigenvalue weighted by Crippen LogP contribution is 2.63. The number of hydrogen-bond donors (Lipinski definition) is 2. The van der Waals surface area contributed by atoms with Crippen molar-refractivity contribution in [2.45, 2.75) is 41.7 Å².